The quantitative estimate of drug-likeness (QED) is 0.782. The zero-order chi connectivity index (χ0) is 10.8. The smallest absolute Gasteiger partial charge is 0.369 e. The molecule has 76 valence electrons. The predicted molar refractivity (Wildman–Crippen MR) is 44.4 cm³/mol. The minimum atomic E-state index is -4.63. The highest BCUT2D eigenvalue weighted by Crippen LogP contribution is 2.34. The number of carbonyl (C=O) groups excluding carboxylic acids is 1. The van der Waals surface area contributed by atoms with E-state index in [1.165, 1.54) is 24.3 Å². The molecule has 0 saturated heterocycles. The number of carbonyl (C=O) groups is 1. The molecule has 0 aliphatic carbocycles. The van der Waals surface area contributed by atoms with Crippen LogP contribution in [-0.2, 0) is 4.79 Å². The first-order chi connectivity index (χ1) is 6.43. The average Bonchev–Trinajstić information content (AvgIpc) is 2.02. The van der Waals surface area contributed by atoms with Crippen molar-refractivity contribution in [2.45, 2.75) is 12.1 Å². The number of nitrogens with two attached hydrogens (primary N) is 1. The Morgan fingerprint density at radius 2 is 1.71 bits per heavy atom. The molecular formula is C9H8F3NO. The Morgan fingerprint density at radius 1 is 1.21 bits per heavy atom. The lowest BCUT2D eigenvalue weighted by Gasteiger charge is -2.16. The van der Waals surface area contributed by atoms with Crippen LogP contribution in [0.2, 0.25) is 0 Å². The third-order valence-electron chi connectivity index (χ3n) is 1.74. The maximum absolute atomic E-state index is 12.4. The van der Waals surface area contributed by atoms with Gasteiger partial charge in [0.1, 0.15) is 0 Å². The van der Waals surface area contributed by atoms with Gasteiger partial charge in [0.15, 0.2) is 5.92 Å². The Labute approximate surface area is 78.5 Å². The van der Waals surface area contributed by atoms with Gasteiger partial charge in [0.2, 0.25) is 5.91 Å². The van der Waals surface area contributed by atoms with E-state index in [0.717, 1.165) is 0 Å². The second-order valence-corrected chi connectivity index (χ2v) is 2.79. The highest BCUT2D eigenvalue weighted by atomic mass is 19.4. The van der Waals surface area contributed by atoms with Crippen LogP contribution in [0.15, 0.2) is 30.3 Å². The van der Waals surface area contributed by atoms with Crippen LogP contribution in [0, 0.1) is 0 Å². The van der Waals surface area contributed by atoms with E-state index in [1.807, 2.05) is 0 Å². The van der Waals surface area contributed by atoms with E-state index in [2.05, 4.69) is 0 Å². The molecule has 0 aliphatic rings. The summed E-state index contributed by atoms with van der Waals surface area (Å²) in [6.45, 7) is 0. The van der Waals surface area contributed by atoms with Gasteiger partial charge >= 0.3 is 6.18 Å². The second kappa shape index (κ2) is 3.69. The van der Waals surface area contributed by atoms with Crippen molar-refractivity contribution in [1.29, 1.82) is 0 Å². The van der Waals surface area contributed by atoms with Crippen molar-refractivity contribution in [2.24, 2.45) is 5.73 Å². The first kappa shape index (κ1) is 10.6. The van der Waals surface area contributed by atoms with Crippen molar-refractivity contribution in [3.05, 3.63) is 35.9 Å². The first-order valence-corrected chi connectivity index (χ1v) is 3.84. The number of hydrogen-bond acceptors (Lipinski definition) is 1. The van der Waals surface area contributed by atoms with Crippen LogP contribution in [0.4, 0.5) is 13.2 Å². The zero-order valence-corrected chi connectivity index (χ0v) is 7.08. The third kappa shape index (κ3) is 2.25. The van der Waals surface area contributed by atoms with Gasteiger partial charge in [-0.25, -0.2) is 0 Å². The molecule has 14 heavy (non-hydrogen) atoms. The Bertz CT molecular complexity index is 321. The van der Waals surface area contributed by atoms with Gasteiger partial charge < -0.3 is 5.73 Å². The van der Waals surface area contributed by atoms with E-state index >= 15 is 0 Å². The number of benzene rings is 1. The Kier molecular flexibility index (Phi) is 2.78. The van der Waals surface area contributed by atoms with Gasteiger partial charge in [0.25, 0.3) is 0 Å². The summed E-state index contributed by atoms with van der Waals surface area (Å²) in [5, 5.41) is 0. The van der Waals surface area contributed by atoms with Crippen LogP contribution >= 0.6 is 0 Å². The second-order valence-electron chi connectivity index (χ2n) is 2.79. The van der Waals surface area contributed by atoms with Crippen LogP contribution < -0.4 is 5.73 Å². The summed E-state index contributed by atoms with van der Waals surface area (Å²) < 4.78 is 37.1. The number of halogens is 3. The van der Waals surface area contributed by atoms with E-state index in [9.17, 15) is 18.0 Å². The minimum absolute atomic E-state index is 0.132. The fraction of sp³-hybridized carbons (Fsp3) is 0.222. The van der Waals surface area contributed by atoms with E-state index in [1.54, 1.807) is 6.07 Å². The summed E-state index contributed by atoms with van der Waals surface area (Å²) in [5.41, 5.74) is 4.56. The maximum atomic E-state index is 12.4. The van der Waals surface area contributed by atoms with Crippen molar-refractivity contribution in [2.75, 3.05) is 0 Å². The molecule has 0 heterocycles. The summed E-state index contributed by atoms with van der Waals surface area (Å²) in [6, 6.07) is 6.87. The van der Waals surface area contributed by atoms with Gasteiger partial charge in [-0.1, -0.05) is 30.3 Å². The van der Waals surface area contributed by atoms with Gasteiger partial charge in [0.05, 0.1) is 0 Å². The largest absolute Gasteiger partial charge is 0.404 e. The van der Waals surface area contributed by atoms with Gasteiger partial charge in [-0.3, -0.25) is 4.79 Å². The third-order valence-corrected chi connectivity index (χ3v) is 1.74. The highest BCUT2D eigenvalue weighted by molar-refractivity contribution is 5.82. The topological polar surface area (TPSA) is 43.1 Å². The SMILES string of the molecule is NC(=O)[C@@H](c1ccccc1)C(F)(F)F. The Balaban J connectivity index is 3.08. The van der Waals surface area contributed by atoms with Gasteiger partial charge in [0, 0.05) is 0 Å². The molecule has 2 nitrogen and oxygen atoms in total. The molecule has 0 aromatic heterocycles. The van der Waals surface area contributed by atoms with Gasteiger partial charge in [-0.15, -0.1) is 0 Å². The monoisotopic (exact) mass is 203 g/mol. The number of rotatable bonds is 2. The van der Waals surface area contributed by atoms with Crippen molar-refractivity contribution < 1.29 is 18.0 Å². The van der Waals surface area contributed by atoms with Crippen molar-refractivity contribution in [3.63, 3.8) is 0 Å². The summed E-state index contributed by atoms with van der Waals surface area (Å²) >= 11 is 0. The molecule has 0 saturated carbocycles. The molecule has 1 aromatic rings. The Hall–Kier alpha value is -1.52. The zero-order valence-electron chi connectivity index (χ0n) is 7.08. The molecule has 0 spiro atoms. The number of alkyl halides is 3. The molecule has 0 bridgehead atoms. The molecule has 0 fully saturated rings. The number of hydrogen-bond donors (Lipinski definition) is 1. The lowest BCUT2D eigenvalue weighted by atomic mass is 9.98. The van der Waals surface area contributed by atoms with Crippen molar-refractivity contribution >= 4 is 5.91 Å². The van der Waals surface area contributed by atoms with E-state index < -0.39 is 18.0 Å². The van der Waals surface area contributed by atoms with E-state index in [-0.39, 0.29) is 5.56 Å². The maximum Gasteiger partial charge on any atom is 0.404 e. The summed E-state index contributed by atoms with van der Waals surface area (Å²) in [4.78, 5) is 10.6. The fourth-order valence-electron chi connectivity index (χ4n) is 1.16. The molecule has 0 aliphatic heterocycles. The number of primary amides is 1. The molecule has 2 N–H and O–H groups in total. The lowest BCUT2D eigenvalue weighted by Crippen LogP contribution is -2.33. The minimum Gasteiger partial charge on any atom is -0.369 e. The standard InChI is InChI=1S/C9H8F3NO/c10-9(11,12)7(8(13)14)6-4-2-1-3-5-6/h1-5,7H,(H2,13,14)/t7-/m1/s1. The first-order valence-electron chi connectivity index (χ1n) is 3.84. The van der Waals surface area contributed by atoms with Gasteiger partial charge in [-0.2, -0.15) is 13.2 Å². The lowest BCUT2D eigenvalue weighted by molar-refractivity contribution is -0.162. The highest BCUT2D eigenvalue weighted by Gasteiger charge is 2.44. The molecule has 1 rings (SSSR count). The fourth-order valence-corrected chi connectivity index (χ4v) is 1.16. The Morgan fingerprint density at radius 3 is 2.07 bits per heavy atom. The summed E-state index contributed by atoms with van der Waals surface area (Å²) in [7, 11) is 0. The molecule has 0 radical (unpaired) electrons. The van der Waals surface area contributed by atoms with Gasteiger partial charge in [-0.05, 0) is 5.56 Å². The summed E-state index contributed by atoms with van der Waals surface area (Å²) in [6.07, 6.45) is -4.63. The van der Waals surface area contributed by atoms with Crippen LogP contribution in [0.5, 0.6) is 0 Å². The van der Waals surface area contributed by atoms with Crippen LogP contribution in [0.3, 0.4) is 0 Å². The average molecular weight is 203 g/mol. The van der Waals surface area contributed by atoms with E-state index in [4.69, 9.17) is 5.73 Å². The number of amides is 1. The van der Waals surface area contributed by atoms with Crippen LogP contribution in [0.1, 0.15) is 11.5 Å². The van der Waals surface area contributed by atoms with Crippen LogP contribution in [-0.4, -0.2) is 12.1 Å². The van der Waals surface area contributed by atoms with Crippen LogP contribution in [0.25, 0.3) is 0 Å². The van der Waals surface area contributed by atoms with Crippen molar-refractivity contribution in [3.8, 4) is 0 Å². The summed E-state index contributed by atoms with van der Waals surface area (Å²) in [5.74, 6) is -3.60. The molecule has 5 heteroatoms. The normalized spacial score (nSPS) is 13.6. The molecule has 1 amide bonds. The van der Waals surface area contributed by atoms with Crippen molar-refractivity contribution in [1.82, 2.24) is 0 Å². The van der Waals surface area contributed by atoms with E-state index in [0.29, 0.717) is 0 Å². The predicted octanol–water partition coefficient (Wildman–Crippen LogP) is 1.82. The molecule has 1 aromatic carbocycles. The molecule has 1 atom stereocenters. The molecular weight excluding hydrogens is 195 g/mol. The molecule has 0 unspecified atom stereocenters.